The summed E-state index contributed by atoms with van der Waals surface area (Å²) in [5, 5.41) is 8.83. The third-order valence-corrected chi connectivity index (χ3v) is 3.90. The van der Waals surface area contributed by atoms with Crippen LogP contribution in [0, 0.1) is 0 Å². The Morgan fingerprint density at radius 1 is 1.44 bits per heavy atom. The second-order valence-electron chi connectivity index (χ2n) is 3.72. The molecule has 2 nitrogen and oxygen atoms in total. The van der Waals surface area contributed by atoms with Gasteiger partial charge in [-0.05, 0) is 41.4 Å². The highest BCUT2D eigenvalue weighted by Crippen LogP contribution is 2.45. The van der Waals surface area contributed by atoms with Crippen molar-refractivity contribution in [2.45, 2.75) is 25.4 Å². The van der Waals surface area contributed by atoms with Crippen LogP contribution in [0.4, 0.5) is 13.2 Å². The van der Waals surface area contributed by atoms with E-state index in [-0.39, 0.29) is 10.4 Å². The Labute approximate surface area is 102 Å². The highest BCUT2D eigenvalue weighted by atomic mass is 79.9. The summed E-state index contributed by atoms with van der Waals surface area (Å²) in [6.45, 7) is 1.93. The summed E-state index contributed by atoms with van der Waals surface area (Å²) in [4.78, 5) is 10.5. The SMILES string of the molecule is CC(C)(c1cc(Br)sc1C(=O)O)C(F)(F)F. The molecular formula is C9H8BrF3O2S. The molecule has 0 atom stereocenters. The van der Waals surface area contributed by atoms with Crippen molar-refractivity contribution in [3.63, 3.8) is 0 Å². The van der Waals surface area contributed by atoms with E-state index in [4.69, 9.17) is 5.11 Å². The van der Waals surface area contributed by atoms with Gasteiger partial charge in [-0.3, -0.25) is 0 Å². The monoisotopic (exact) mass is 316 g/mol. The van der Waals surface area contributed by atoms with Crippen LogP contribution in [0.3, 0.4) is 0 Å². The van der Waals surface area contributed by atoms with Crippen molar-refractivity contribution < 1.29 is 23.1 Å². The molecule has 90 valence electrons. The van der Waals surface area contributed by atoms with Crippen molar-refractivity contribution in [3.8, 4) is 0 Å². The van der Waals surface area contributed by atoms with Crippen molar-refractivity contribution in [2.24, 2.45) is 0 Å². The summed E-state index contributed by atoms with van der Waals surface area (Å²) < 4.78 is 38.7. The Bertz CT molecular complexity index is 423. The van der Waals surface area contributed by atoms with Gasteiger partial charge in [0, 0.05) is 0 Å². The normalized spacial score (nSPS) is 12.9. The molecule has 0 unspecified atom stereocenters. The smallest absolute Gasteiger partial charge is 0.397 e. The molecule has 0 radical (unpaired) electrons. The summed E-state index contributed by atoms with van der Waals surface area (Å²) in [5.41, 5.74) is -2.40. The Balaban J connectivity index is 3.38. The summed E-state index contributed by atoms with van der Waals surface area (Å²) in [6.07, 6.45) is -4.49. The molecule has 16 heavy (non-hydrogen) atoms. The van der Waals surface area contributed by atoms with Crippen LogP contribution in [-0.4, -0.2) is 17.3 Å². The minimum Gasteiger partial charge on any atom is -0.477 e. The first kappa shape index (κ1) is 13.5. The average molecular weight is 317 g/mol. The molecule has 0 bridgehead atoms. The Hall–Kier alpha value is -0.560. The fraction of sp³-hybridized carbons (Fsp3) is 0.444. The molecule has 0 fully saturated rings. The fourth-order valence-corrected chi connectivity index (χ4v) is 2.73. The van der Waals surface area contributed by atoms with Crippen molar-refractivity contribution in [1.82, 2.24) is 0 Å². The van der Waals surface area contributed by atoms with E-state index in [1.165, 1.54) is 6.07 Å². The van der Waals surface area contributed by atoms with E-state index in [9.17, 15) is 18.0 Å². The van der Waals surface area contributed by atoms with Crippen molar-refractivity contribution in [3.05, 3.63) is 20.3 Å². The topological polar surface area (TPSA) is 37.3 Å². The third-order valence-electron chi connectivity index (χ3n) is 2.28. The molecule has 1 N–H and O–H groups in total. The van der Waals surface area contributed by atoms with Crippen molar-refractivity contribution >= 4 is 33.2 Å². The van der Waals surface area contributed by atoms with Gasteiger partial charge in [-0.25, -0.2) is 4.79 Å². The largest absolute Gasteiger partial charge is 0.477 e. The first-order valence-electron chi connectivity index (χ1n) is 4.17. The van der Waals surface area contributed by atoms with Gasteiger partial charge in [0.15, 0.2) is 0 Å². The number of alkyl halides is 3. The van der Waals surface area contributed by atoms with Crippen molar-refractivity contribution in [1.29, 1.82) is 0 Å². The molecular weight excluding hydrogens is 309 g/mol. The van der Waals surface area contributed by atoms with Crippen LogP contribution < -0.4 is 0 Å². The van der Waals surface area contributed by atoms with Gasteiger partial charge >= 0.3 is 12.1 Å². The maximum atomic E-state index is 12.8. The van der Waals surface area contributed by atoms with Crippen LogP contribution in [0.2, 0.25) is 0 Å². The van der Waals surface area contributed by atoms with Crippen LogP contribution in [0.5, 0.6) is 0 Å². The fourth-order valence-electron chi connectivity index (χ4n) is 1.14. The molecule has 0 aliphatic rings. The summed E-state index contributed by atoms with van der Waals surface area (Å²) >= 11 is 3.78. The lowest BCUT2D eigenvalue weighted by Crippen LogP contribution is -2.37. The summed E-state index contributed by atoms with van der Waals surface area (Å²) in [6, 6.07) is 1.21. The quantitative estimate of drug-likeness (QED) is 0.893. The van der Waals surface area contributed by atoms with E-state index in [1.54, 1.807) is 0 Å². The van der Waals surface area contributed by atoms with E-state index >= 15 is 0 Å². The number of hydrogen-bond acceptors (Lipinski definition) is 2. The molecule has 0 spiro atoms. The molecule has 0 aliphatic heterocycles. The lowest BCUT2D eigenvalue weighted by Gasteiger charge is -2.27. The number of thiophene rings is 1. The lowest BCUT2D eigenvalue weighted by atomic mass is 9.84. The van der Waals surface area contributed by atoms with Crippen LogP contribution >= 0.6 is 27.3 Å². The van der Waals surface area contributed by atoms with E-state index in [2.05, 4.69) is 15.9 Å². The minimum absolute atomic E-state index is 0.218. The van der Waals surface area contributed by atoms with E-state index in [0.717, 1.165) is 25.2 Å². The number of rotatable bonds is 2. The molecule has 0 aromatic carbocycles. The maximum absolute atomic E-state index is 12.8. The Morgan fingerprint density at radius 2 is 1.94 bits per heavy atom. The van der Waals surface area contributed by atoms with Crippen LogP contribution in [0.1, 0.15) is 29.1 Å². The molecule has 1 heterocycles. The van der Waals surface area contributed by atoms with Gasteiger partial charge in [-0.2, -0.15) is 13.2 Å². The van der Waals surface area contributed by atoms with Gasteiger partial charge < -0.3 is 5.11 Å². The predicted molar refractivity (Wildman–Crippen MR) is 58.1 cm³/mol. The van der Waals surface area contributed by atoms with Crippen LogP contribution in [-0.2, 0) is 5.41 Å². The first-order valence-corrected chi connectivity index (χ1v) is 5.78. The molecule has 0 saturated carbocycles. The molecule has 1 rings (SSSR count). The highest BCUT2D eigenvalue weighted by Gasteiger charge is 2.50. The first-order chi connectivity index (χ1) is 7.07. The van der Waals surface area contributed by atoms with Crippen LogP contribution in [0.15, 0.2) is 9.85 Å². The van der Waals surface area contributed by atoms with E-state index in [0.29, 0.717) is 3.79 Å². The lowest BCUT2D eigenvalue weighted by molar-refractivity contribution is -0.180. The predicted octanol–water partition coefficient (Wildman–Crippen LogP) is 4.05. The zero-order valence-corrected chi connectivity index (χ0v) is 10.8. The second kappa shape index (κ2) is 4.03. The zero-order chi connectivity index (χ0) is 12.7. The molecule has 1 aromatic heterocycles. The molecule has 0 amide bonds. The number of carboxylic acids is 1. The van der Waals surface area contributed by atoms with Gasteiger partial charge in [0.1, 0.15) is 4.88 Å². The number of carbonyl (C=O) groups is 1. The second-order valence-corrected chi connectivity index (χ2v) is 6.15. The molecule has 0 saturated heterocycles. The highest BCUT2D eigenvalue weighted by molar-refractivity contribution is 9.11. The van der Waals surface area contributed by atoms with Gasteiger partial charge in [0.25, 0.3) is 0 Å². The maximum Gasteiger partial charge on any atom is 0.397 e. The molecule has 1 aromatic rings. The van der Waals surface area contributed by atoms with Gasteiger partial charge in [-0.1, -0.05) is 0 Å². The Morgan fingerprint density at radius 3 is 2.31 bits per heavy atom. The van der Waals surface area contributed by atoms with Gasteiger partial charge in [0.05, 0.1) is 9.20 Å². The van der Waals surface area contributed by atoms with E-state index in [1.807, 2.05) is 0 Å². The number of hydrogen-bond donors (Lipinski definition) is 1. The Kier molecular flexibility index (Phi) is 3.40. The summed E-state index contributed by atoms with van der Waals surface area (Å²) in [5.74, 6) is -1.34. The van der Waals surface area contributed by atoms with Gasteiger partial charge in [-0.15, -0.1) is 11.3 Å². The molecule has 7 heteroatoms. The zero-order valence-electron chi connectivity index (χ0n) is 8.35. The number of carboxylic acid groups (broad SMARTS) is 1. The van der Waals surface area contributed by atoms with Gasteiger partial charge in [0.2, 0.25) is 0 Å². The van der Waals surface area contributed by atoms with E-state index < -0.39 is 17.6 Å². The third kappa shape index (κ3) is 2.24. The van der Waals surface area contributed by atoms with Crippen molar-refractivity contribution in [2.75, 3.05) is 0 Å². The number of halogens is 4. The minimum atomic E-state index is -4.49. The average Bonchev–Trinajstić information content (AvgIpc) is 2.45. The standard InChI is InChI=1S/C9H8BrF3O2S/c1-8(2,9(11,12)13)4-3-5(10)16-6(4)7(14)15/h3H,1-2H3,(H,14,15). The van der Waals surface area contributed by atoms with Crippen LogP contribution in [0.25, 0.3) is 0 Å². The number of aromatic carboxylic acids is 1. The molecule has 0 aliphatic carbocycles. The summed E-state index contributed by atoms with van der Waals surface area (Å²) in [7, 11) is 0.